The van der Waals surface area contributed by atoms with Crippen LogP contribution in [0.5, 0.6) is 11.5 Å². The van der Waals surface area contributed by atoms with E-state index >= 15 is 0 Å². The molecule has 0 fully saturated rings. The van der Waals surface area contributed by atoms with E-state index in [0.717, 1.165) is 0 Å². The van der Waals surface area contributed by atoms with Crippen molar-refractivity contribution < 1.29 is 33.5 Å². The lowest BCUT2D eigenvalue weighted by Gasteiger charge is -2.14. The van der Waals surface area contributed by atoms with Gasteiger partial charge in [0.15, 0.2) is 18.1 Å². The number of ether oxygens (including phenoxy) is 2. The van der Waals surface area contributed by atoms with Crippen molar-refractivity contribution in [1.82, 2.24) is 5.06 Å². The van der Waals surface area contributed by atoms with Crippen molar-refractivity contribution in [1.29, 1.82) is 0 Å². The van der Waals surface area contributed by atoms with Crippen molar-refractivity contribution in [3.63, 3.8) is 0 Å². The topological polar surface area (TPSA) is 125 Å². The zero-order valence-corrected chi connectivity index (χ0v) is 14.1. The first-order chi connectivity index (χ1) is 12.9. The van der Waals surface area contributed by atoms with Crippen LogP contribution in [0, 0.1) is 0 Å². The van der Waals surface area contributed by atoms with Crippen molar-refractivity contribution in [2.45, 2.75) is 0 Å². The minimum absolute atomic E-state index is 0.00910. The minimum atomic E-state index is -0.941. The number of nitrogens with two attached hydrogens (primary N) is 1. The number of fused-ring (bicyclic) bond motifs is 1. The fraction of sp³-hybridized carbons (Fsp3) is 0.111. The Kier molecular flexibility index (Phi) is 4.75. The predicted octanol–water partition coefficient (Wildman–Crippen LogP) is 0.927. The van der Waals surface area contributed by atoms with Gasteiger partial charge in [-0.15, -0.1) is 0 Å². The highest BCUT2D eigenvalue weighted by molar-refractivity contribution is 6.21. The Morgan fingerprint density at radius 2 is 1.63 bits per heavy atom. The fourth-order valence-electron chi connectivity index (χ4n) is 2.45. The largest absolute Gasteiger partial charge is 0.493 e. The first kappa shape index (κ1) is 17.9. The Hall–Kier alpha value is -3.88. The Balaban J connectivity index is 1.78. The SMILES string of the molecule is COc1cc(C(=O)ON2C(=O)c3ccccc3C2=O)ccc1OCC(N)=O. The van der Waals surface area contributed by atoms with E-state index in [4.69, 9.17) is 20.0 Å². The Morgan fingerprint density at radius 3 is 2.19 bits per heavy atom. The molecule has 0 bridgehead atoms. The van der Waals surface area contributed by atoms with Crippen LogP contribution >= 0.6 is 0 Å². The Labute approximate surface area is 153 Å². The van der Waals surface area contributed by atoms with E-state index in [1.165, 1.54) is 37.4 Å². The smallest absolute Gasteiger partial charge is 0.364 e. The molecule has 0 aromatic heterocycles. The maximum Gasteiger partial charge on any atom is 0.364 e. The molecule has 3 rings (SSSR count). The monoisotopic (exact) mass is 370 g/mol. The van der Waals surface area contributed by atoms with Crippen LogP contribution in [0.4, 0.5) is 0 Å². The van der Waals surface area contributed by atoms with E-state index in [2.05, 4.69) is 0 Å². The molecular weight excluding hydrogens is 356 g/mol. The van der Waals surface area contributed by atoms with Gasteiger partial charge < -0.3 is 20.0 Å². The molecule has 3 amide bonds. The number of methoxy groups -OCH3 is 1. The second-order valence-corrected chi connectivity index (χ2v) is 5.45. The van der Waals surface area contributed by atoms with Crippen LogP contribution in [0.1, 0.15) is 31.1 Å². The van der Waals surface area contributed by atoms with Crippen molar-refractivity contribution >= 4 is 23.7 Å². The van der Waals surface area contributed by atoms with Crippen LogP contribution in [0.15, 0.2) is 42.5 Å². The number of primary amides is 1. The lowest BCUT2D eigenvalue weighted by atomic mass is 10.1. The third-order valence-corrected chi connectivity index (χ3v) is 3.70. The van der Waals surface area contributed by atoms with Gasteiger partial charge in [-0.05, 0) is 30.3 Å². The Morgan fingerprint density at radius 1 is 1.00 bits per heavy atom. The second kappa shape index (κ2) is 7.16. The summed E-state index contributed by atoms with van der Waals surface area (Å²) in [5.41, 5.74) is 5.34. The number of benzene rings is 2. The molecule has 2 aromatic rings. The molecule has 2 N–H and O–H groups in total. The molecule has 9 heteroatoms. The number of hydrogen-bond acceptors (Lipinski definition) is 7. The number of nitrogens with zero attached hydrogens (tertiary/aromatic N) is 1. The molecule has 138 valence electrons. The third-order valence-electron chi connectivity index (χ3n) is 3.70. The number of imide groups is 1. The summed E-state index contributed by atoms with van der Waals surface area (Å²) in [7, 11) is 1.34. The van der Waals surface area contributed by atoms with Gasteiger partial charge in [0.05, 0.1) is 23.8 Å². The summed E-state index contributed by atoms with van der Waals surface area (Å²) >= 11 is 0. The fourth-order valence-corrected chi connectivity index (χ4v) is 2.45. The maximum atomic E-state index is 12.3. The molecule has 0 saturated heterocycles. The molecule has 0 spiro atoms. The van der Waals surface area contributed by atoms with E-state index in [1.54, 1.807) is 12.1 Å². The van der Waals surface area contributed by atoms with Crippen LogP contribution in [0.2, 0.25) is 0 Å². The van der Waals surface area contributed by atoms with Crippen LogP contribution in [-0.4, -0.2) is 42.5 Å². The van der Waals surface area contributed by atoms with E-state index in [1.807, 2.05) is 0 Å². The van der Waals surface area contributed by atoms with Gasteiger partial charge in [0, 0.05) is 0 Å². The summed E-state index contributed by atoms with van der Waals surface area (Å²) in [6, 6.07) is 10.1. The highest BCUT2D eigenvalue weighted by atomic mass is 16.7. The van der Waals surface area contributed by atoms with Crippen molar-refractivity contribution in [3.8, 4) is 11.5 Å². The van der Waals surface area contributed by atoms with Gasteiger partial charge in [0.25, 0.3) is 17.7 Å². The number of rotatable bonds is 6. The van der Waals surface area contributed by atoms with Crippen LogP contribution in [-0.2, 0) is 9.63 Å². The molecule has 0 saturated carbocycles. The molecular formula is C18H14N2O7. The van der Waals surface area contributed by atoms with E-state index in [-0.39, 0.29) is 34.8 Å². The predicted molar refractivity (Wildman–Crippen MR) is 90.0 cm³/mol. The van der Waals surface area contributed by atoms with Gasteiger partial charge in [-0.25, -0.2) is 4.79 Å². The average Bonchev–Trinajstić information content (AvgIpc) is 2.91. The summed E-state index contributed by atoms with van der Waals surface area (Å²) in [5.74, 6) is -2.73. The second-order valence-electron chi connectivity index (χ2n) is 5.45. The summed E-state index contributed by atoms with van der Waals surface area (Å²) in [6.45, 7) is -0.366. The van der Waals surface area contributed by atoms with Crippen molar-refractivity contribution in [3.05, 3.63) is 59.2 Å². The number of hydroxylamine groups is 2. The van der Waals surface area contributed by atoms with Crippen molar-refractivity contribution in [2.24, 2.45) is 5.73 Å². The number of amides is 3. The molecule has 1 heterocycles. The zero-order valence-electron chi connectivity index (χ0n) is 14.1. The van der Waals surface area contributed by atoms with E-state index < -0.39 is 23.7 Å². The molecule has 9 nitrogen and oxygen atoms in total. The lowest BCUT2D eigenvalue weighted by molar-refractivity contribution is -0.119. The van der Waals surface area contributed by atoms with Gasteiger partial charge in [-0.1, -0.05) is 17.2 Å². The molecule has 0 radical (unpaired) electrons. The molecule has 1 aliphatic heterocycles. The zero-order chi connectivity index (χ0) is 19.6. The van der Waals surface area contributed by atoms with E-state index in [0.29, 0.717) is 5.06 Å². The molecule has 0 atom stereocenters. The van der Waals surface area contributed by atoms with E-state index in [9.17, 15) is 19.2 Å². The third kappa shape index (κ3) is 3.43. The number of carbonyl (C=O) groups is 4. The summed E-state index contributed by atoms with van der Waals surface area (Å²) in [5, 5.41) is 0.414. The normalized spacial score (nSPS) is 12.6. The number of hydrogen-bond donors (Lipinski definition) is 1. The minimum Gasteiger partial charge on any atom is -0.493 e. The first-order valence-electron chi connectivity index (χ1n) is 7.71. The average molecular weight is 370 g/mol. The summed E-state index contributed by atoms with van der Waals surface area (Å²) in [6.07, 6.45) is 0. The summed E-state index contributed by atoms with van der Waals surface area (Å²) < 4.78 is 10.3. The van der Waals surface area contributed by atoms with Gasteiger partial charge in [0.1, 0.15) is 0 Å². The Bertz CT molecular complexity index is 919. The van der Waals surface area contributed by atoms with Gasteiger partial charge in [-0.2, -0.15) is 0 Å². The van der Waals surface area contributed by atoms with Crippen molar-refractivity contribution in [2.75, 3.05) is 13.7 Å². The lowest BCUT2D eigenvalue weighted by Crippen LogP contribution is -2.32. The standard InChI is InChI=1S/C18H14N2O7/c1-25-14-8-10(6-7-13(14)26-9-15(19)21)18(24)27-20-16(22)11-4-2-3-5-12(11)17(20)23/h2-8H,9H2,1H3,(H2,19,21). The van der Waals surface area contributed by atoms with Crippen LogP contribution in [0.3, 0.4) is 0 Å². The molecule has 2 aromatic carbocycles. The molecule has 0 aliphatic carbocycles. The number of carbonyl (C=O) groups excluding carboxylic acids is 4. The molecule has 1 aliphatic rings. The maximum absolute atomic E-state index is 12.3. The van der Waals surface area contributed by atoms with Gasteiger partial charge in [-0.3, -0.25) is 14.4 Å². The van der Waals surface area contributed by atoms with Crippen LogP contribution in [0.25, 0.3) is 0 Å². The highest BCUT2D eigenvalue weighted by Gasteiger charge is 2.38. The first-order valence-corrected chi connectivity index (χ1v) is 7.71. The van der Waals surface area contributed by atoms with Gasteiger partial charge >= 0.3 is 5.97 Å². The van der Waals surface area contributed by atoms with Crippen LogP contribution < -0.4 is 15.2 Å². The highest BCUT2D eigenvalue weighted by Crippen LogP contribution is 2.29. The molecule has 27 heavy (non-hydrogen) atoms. The quantitative estimate of drug-likeness (QED) is 0.750. The van der Waals surface area contributed by atoms with Gasteiger partial charge in [0.2, 0.25) is 0 Å². The summed E-state index contributed by atoms with van der Waals surface area (Å²) in [4.78, 5) is 52.6. The molecule has 0 unspecified atom stereocenters.